The highest BCUT2D eigenvalue weighted by Crippen LogP contribution is 2.54. The summed E-state index contributed by atoms with van der Waals surface area (Å²) in [5, 5.41) is 2.05. The van der Waals surface area contributed by atoms with E-state index in [1.165, 1.54) is 7.11 Å². The predicted molar refractivity (Wildman–Crippen MR) is 65.1 cm³/mol. The van der Waals surface area contributed by atoms with E-state index in [1.807, 2.05) is 5.32 Å². The zero-order valence-electron chi connectivity index (χ0n) is 10.7. The van der Waals surface area contributed by atoms with Gasteiger partial charge in [0.25, 0.3) is 0 Å². The lowest BCUT2D eigenvalue weighted by molar-refractivity contribution is -0.179. The van der Waals surface area contributed by atoms with E-state index in [2.05, 4.69) is 4.99 Å². The molecule has 1 amide bonds. The number of methoxy groups -OCH3 is 1. The molecule has 0 radical (unpaired) electrons. The molecule has 0 aromatic carbocycles. The zero-order valence-corrected chi connectivity index (χ0v) is 10.7. The first-order valence-electron chi connectivity index (χ1n) is 6.25. The van der Waals surface area contributed by atoms with Crippen LogP contribution in [0, 0.1) is 5.92 Å². The molecule has 1 N–H and O–H groups in total. The number of alkyl halides is 3. The normalized spacial score (nSPS) is 37.8. The Hall–Kier alpha value is -1.63. The Morgan fingerprint density at radius 2 is 2.25 bits per heavy atom. The Kier molecular flexibility index (Phi) is 2.63. The maximum Gasteiger partial charge on any atom is 0.471 e. The third-order valence-electron chi connectivity index (χ3n) is 4.26. The molecule has 3 atom stereocenters. The van der Waals surface area contributed by atoms with Crippen molar-refractivity contribution in [3.05, 3.63) is 24.3 Å². The van der Waals surface area contributed by atoms with Crippen LogP contribution in [0.15, 0.2) is 29.3 Å². The van der Waals surface area contributed by atoms with E-state index in [0.717, 1.165) is 0 Å². The number of hydrogen-bond donors (Lipinski definition) is 1. The van der Waals surface area contributed by atoms with Gasteiger partial charge in [-0.15, -0.1) is 0 Å². The minimum atomic E-state index is -4.91. The predicted octanol–water partition coefficient (Wildman–Crippen LogP) is 1.74. The van der Waals surface area contributed by atoms with Crippen LogP contribution >= 0.6 is 0 Å². The molecule has 20 heavy (non-hydrogen) atoms. The monoisotopic (exact) mass is 286 g/mol. The Bertz CT molecular complexity index is 552. The van der Waals surface area contributed by atoms with Crippen LogP contribution in [0.3, 0.4) is 0 Å². The first-order valence-corrected chi connectivity index (χ1v) is 6.25. The molecular weight excluding hydrogens is 273 g/mol. The molecule has 7 heteroatoms. The first-order chi connectivity index (χ1) is 9.34. The van der Waals surface area contributed by atoms with Crippen molar-refractivity contribution in [3.8, 4) is 0 Å². The molecule has 0 unspecified atom stereocenters. The number of ether oxygens (including phenoxy) is 1. The minimum absolute atomic E-state index is 0.303. The zero-order chi connectivity index (χ0) is 14.6. The SMILES string of the molecule is CO[C@]12C=CC=CC1=N[C@@]1(NC(=O)C(F)(F)F)CC[C@H]12. The number of hydrogen-bond acceptors (Lipinski definition) is 3. The molecular formula is C13H13F3N2O2. The van der Waals surface area contributed by atoms with Crippen molar-refractivity contribution < 1.29 is 22.7 Å². The maximum absolute atomic E-state index is 12.5. The van der Waals surface area contributed by atoms with Crippen LogP contribution in [0.1, 0.15) is 12.8 Å². The molecule has 1 heterocycles. The fraction of sp³-hybridized carbons (Fsp3) is 0.538. The van der Waals surface area contributed by atoms with Gasteiger partial charge in [0.1, 0.15) is 11.3 Å². The largest absolute Gasteiger partial charge is 0.471 e. The van der Waals surface area contributed by atoms with Crippen molar-refractivity contribution in [2.75, 3.05) is 7.11 Å². The van der Waals surface area contributed by atoms with Crippen LogP contribution in [0.2, 0.25) is 0 Å². The number of allylic oxidation sites excluding steroid dienone is 2. The van der Waals surface area contributed by atoms with Gasteiger partial charge in [-0.05, 0) is 25.0 Å². The first kappa shape index (κ1) is 13.4. The summed E-state index contributed by atoms with van der Waals surface area (Å²) in [5.74, 6) is -2.26. The van der Waals surface area contributed by atoms with Crippen LogP contribution in [0.5, 0.6) is 0 Å². The summed E-state index contributed by atoms with van der Waals surface area (Å²) < 4.78 is 42.9. The number of fused-ring (bicyclic) bond motifs is 3. The van der Waals surface area contributed by atoms with Crippen molar-refractivity contribution >= 4 is 11.6 Å². The summed E-state index contributed by atoms with van der Waals surface area (Å²) in [4.78, 5) is 15.5. The molecule has 0 aromatic heterocycles. The molecule has 0 spiro atoms. The second-order valence-corrected chi connectivity index (χ2v) is 5.18. The summed E-state index contributed by atoms with van der Waals surface area (Å²) in [7, 11) is 1.50. The van der Waals surface area contributed by atoms with Gasteiger partial charge in [0.15, 0.2) is 0 Å². The van der Waals surface area contributed by atoms with Crippen LogP contribution in [-0.4, -0.2) is 36.2 Å². The van der Waals surface area contributed by atoms with Gasteiger partial charge < -0.3 is 10.1 Å². The highest BCUT2D eigenvalue weighted by atomic mass is 19.4. The highest BCUT2D eigenvalue weighted by molar-refractivity contribution is 6.07. The molecule has 3 rings (SSSR count). The van der Waals surface area contributed by atoms with Gasteiger partial charge in [0, 0.05) is 13.0 Å². The van der Waals surface area contributed by atoms with E-state index in [-0.39, 0.29) is 5.92 Å². The molecule has 108 valence electrons. The van der Waals surface area contributed by atoms with Gasteiger partial charge >= 0.3 is 12.1 Å². The van der Waals surface area contributed by atoms with Crippen LogP contribution in [0.4, 0.5) is 13.2 Å². The molecule has 1 saturated carbocycles. The number of amides is 1. The van der Waals surface area contributed by atoms with Gasteiger partial charge in [-0.25, -0.2) is 0 Å². The molecule has 3 aliphatic rings. The lowest BCUT2D eigenvalue weighted by Gasteiger charge is -2.48. The van der Waals surface area contributed by atoms with E-state index in [4.69, 9.17) is 4.74 Å². The van der Waals surface area contributed by atoms with Crippen molar-refractivity contribution in [3.63, 3.8) is 0 Å². The Morgan fingerprint density at radius 1 is 1.50 bits per heavy atom. The summed E-state index contributed by atoms with van der Waals surface area (Å²) in [6.45, 7) is 0. The topological polar surface area (TPSA) is 50.7 Å². The van der Waals surface area contributed by atoms with Crippen molar-refractivity contribution in [2.45, 2.75) is 30.3 Å². The molecule has 2 aliphatic carbocycles. The minimum Gasteiger partial charge on any atom is -0.367 e. The van der Waals surface area contributed by atoms with Crippen LogP contribution in [-0.2, 0) is 9.53 Å². The molecule has 1 fully saturated rings. The number of rotatable bonds is 2. The van der Waals surface area contributed by atoms with Gasteiger partial charge in [0.05, 0.1) is 5.71 Å². The molecule has 1 aliphatic heterocycles. The van der Waals surface area contributed by atoms with Crippen molar-refractivity contribution in [2.24, 2.45) is 10.9 Å². The van der Waals surface area contributed by atoms with Gasteiger partial charge in [-0.3, -0.25) is 9.79 Å². The number of halogens is 3. The summed E-state index contributed by atoms with van der Waals surface area (Å²) in [6.07, 6.45) is 3.16. The summed E-state index contributed by atoms with van der Waals surface area (Å²) in [6, 6.07) is 0. The third-order valence-corrected chi connectivity index (χ3v) is 4.26. The standard InChI is InChI=1S/C13H13F3N2O2/c1-20-11-6-3-2-4-9(11)17-12(7-5-8(11)12)18-10(19)13(14,15)16/h2-4,6,8H,5,7H2,1H3,(H,18,19)/t8-,11-,12+/m0/s1. The summed E-state index contributed by atoms with van der Waals surface area (Å²) >= 11 is 0. The third kappa shape index (κ3) is 1.59. The number of aliphatic imine (C=N–C) groups is 1. The fourth-order valence-corrected chi connectivity index (χ4v) is 3.22. The Labute approximate surface area is 113 Å². The second-order valence-electron chi connectivity index (χ2n) is 5.18. The van der Waals surface area contributed by atoms with Gasteiger partial charge in [0.2, 0.25) is 0 Å². The number of nitrogens with zero attached hydrogens (tertiary/aromatic N) is 1. The smallest absolute Gasteiger partial charge is 0.367 e. The lowest BCUT2D eigenvalue weighted by Crippen LogP contribution is -2.64. The van der Waals surface area contributed by atoms with Gasteiger partial charge in [-0.1, -0.05) is 12.2 Å². The van der Waals surface area contributed by atoms with Crippen LogP contribution in [0.25, 0.3) is 0 Å². The van der Waals surface area contributed by atoms with Crippen molar-refractivity contribution in [1.82, 2.24) is 5.32 Å². The summed E-state index contributed by atoms with van der Waals surface area (Å²) in [5.41, 5.74) is -1.46. The van der Waals surface area contributed by atoms with Gasteiger partial charge in [-0.2, -0.15) is 13.2 Å². The quantitative estimate of drug-likeness (QED) is 0.840. The van der Waals surface area contributed by atoms with E-state index in [0.29, 0.717) is 18.6 Å². The van der Waals surface area contributed by atoms with E-state index in [9.17, 15) is 18.0 Å². The highest BCUT2D eigenvalue weighted by Gasteiger charge is 2.65. The Balaban J connectivity index is 1.94. The van der Waals surface area contributed by atoms with E-state index < -0.39 is 23.3 Å². The molecule has 0 aromatic rings. The maximum atomic E-state index is 12.5. The number of carbonyl (C=O) groups is 1. The van der Waals surface area contributed by atoms with E-state index in [1.54, 1.807) is 24.3 Å². The average molecular weight is 286 g/mol. The number of carbonyl (C=O) groups excluding carboxylic acids is 1. The van der Waals surface area contributed by atoms with E-state index >= 15 is 0 Å². The molecule has 0 bridgehead atoms. The molecule has 0 saturated heterocycles. The average Bonchev–Trinajstić information content (AvgIpc) is 2.55. The van der Waals surface area contributed by atoms with Crippen LogP contribution < -0.4 is 5.32 Å². The lowest BCUT2D eigenvalue weighted by atomic mass is 9.65. The second kappa shape index (κ2) is 3.94. The van der Waals surface area contributed by atoms with Crippen molar-refractivity contribution in [1.29, 1.82) is 0 Å². The fourth-order valence-electron chi connectivity index (χ4n) is 3.22. The Morgan fingerprint density at radius 3 is 2.80 bits per heavy atom. The number of nitrogens with one attached hydrogen (secondary N) is 1. The molecule has 4 nitrogen and oxygen atoms in total.